The molecule has 1 unspecified atom stereocenters. The number of carbonyl (C=O) groups excluding carboxylic acids is 3. The third-order valence-corrected chi connectivity index (χ3v) is 4.86. The van der Waals surface area contributed by atoms with E-state index in [2.05, 4.69) is 33.5 Å². The lowest BCUT2D eigenvalue weighted by molar-refractivity contribution is -0.122. The molecule has 0 spiro atoms. The van der Waals surface area contributed by atoms with Crippen LogP contribution in [-0.4, -0.2) is 42.3 Å². The molecule has 0 aliphatic carbocycles. The van der Waals surface area contributed by atoms with Crippen molar-refractivity contribution in [1.29, 1.82) is 0 Å². The van der Waals surface area contributed by atoms with Crippen LogP contribution in [0.15, 0.2) is 22.7 Å². The minimum absolute atomic E-state index is 0.0747. The molecule has 3 amide bonds. The van der Waals surface area contributed by atoms with Gasteiger partial charge in [0.05, 0.1) is 17.8 Å². The van der Waals surface area contributed by atoms with Gasteiger partial charge in [0.15, 0.2) is 0 Å². The predicted molar refractivity (Wildman–Crippen MR) is 100 cm³/mol. The average Bonchev–Trinajstić information content (AvgIpc) is 2.61. The van der Waals surface area contributed by atoms with Crippen molar-refractivity contribution < 1.29 is 14.4 Å². The Balaban J connectivity index is 2.15. The number of nitrogens with zero attached hydrogens (tertiary/aromatic N) is 1. The van der Waals surface area contributed by atoms with Crippen LogP contribution in [0.25, 0.3) is 0 Å². The number of hydrogen-bond donors (Lipinski definition) is 2. The van der Waals surface area contributed by atoms with E-state index in [9.17, 15) is 14.4 Å². The highest BCUT2D eigenvalue weighted by atomic mass is 79.9. The quantitative estimate of drug-likeness (QED) is 0.784. The van der Waals surface area contributed by atoms with Gasteiger partial charge in [-0.3, -0.25) is 14.4 Å². The van der Waals surface area contributed by atoms with Gasteiger partial charge in [-0.15, -0.1) is 0 Å². The van der Waals surface area contributed by atoms with Crippen LogP contribution in [0.4, 0.5) is 5.69 Å². The maximum Gasteiger partial charge on any atom is 0.256 e. The Kier molecular flexibility index (Phi) is 6.99. The van der Waals surface area contributed by atoms with Crippen molar-refractivity contribution in [3.63, 3.8) is 0 Å². The largest absolute Gasteiger partial charge is 0.347 e. The summed E-state index contributed by atoms with van der Waals surface area (Å²) in [6.07, 6.45) is 3.21. The molecule has 1 aliphatic rings. The maximum absolute atomic E-state index is 13.0. The Morgan fingerprint density at radius 2 is 2.08 bits per heavy atom. The van der Waals surface area contributed by atoms with Gasteiger partial charge in [-0.2, -0.15) is 0 Å². The van der Waals surface area contributed by atoms with Crippen LogP contribution >= 0.6 is 15.9 Å². The zero-order valence-corrected chi connectivity index (χ0v) is 16.2. The fraction of sp³-hybridized carbons (Fsp3) is 0.500. The number of likely N-dealkylation sites (tertiary alicyclic amines) is 1. The summed E-state index contributed by atoms with van der Waals surface area (Å²) in [6.45, 7) is 4.86. The fourth-order valence-electron chi connectivity index (χ4n) is 2.95. The molecule has 1 aromatic carbocycles. The second kappa shape index (κ2) is 8.99. The highest BCUT2D eigenvalue weighted by Crippen LogP contribution is 2.26. The lowest BCUT2D eigenvalue weighted by Gasteiger charge is -2.32. The second-order valence-corrected chi connectivity index (χ2v) is 7.23. The molecule has 0 aromatic heterocycles. The number of amides is 3. The average molecular weight is 410 g/mol. The number of rotatable bonds is 5. The van der Waals surface area contributed by atoms with Crippen LogP contribution < -0.4 is 10.6 Å². The summed E-state index contributed by atoms with van der Waals surface area (Å²) in [7, 11) is 0. The molecule has 1 heterocycles. The maximum atomic E-state index is 13.0. The van der Waals surface area contributed by atoms with Crippen LogP contribution in [0.3, 0.4) is 0 Å². The molecule has 1 aliphatic heterocycles. The number of carbonyl (C=O) groups is 3. The van der Waals surface area contributed by atoms with E-state index in [1.165, 1.54) is 6.92 Å². The lowest BCUT2D eigenvalue weighted by Crippen LogP contribution is -2.40. The zero-order chi connectivity index (χ0) is 18.4. The first-order valence-corrected chi connectivity index (χ1v) is 9.33. The minimum Gasteiger partial charge on any atom is -0.347 e. The number of benzene rings is 1. The molecule has 0 saturated carbocycles. The van der Waals surface area contributed by atoms with E-state index in [-0.39, 0.29) is 24.3 Å². The summed E-state index contributed by atoms with van der Waals surface area (Å²) in [5.41, 5.74) is 0.921. The molecular weight excluding hydrogens is 386 g/mol. The highest BCUT2D eigenvalue weighted by Gasteiger charge is 2.25. The zero-order valence-electron chi connectivity index (χ0n) is 14.6. The molecule has 0 bridgehead atoms. The molecule has 1 atom stereocenters. The molecule has 25 heavy (non-hydrogen) atoms. The van der Waals surface area contributed by atoms with Crippen molar-refractivity contribution in [3.8, 4) is 0 Å². The van der Waals surface area contributed by atoms with Gasteiger partial charge in [0.1, 0.15) is 0 Å². The normalized spacial score (nSPS) is 17.1. The second-order valence-electron chi connectivity index (χ2n) is 6.32. The Morgan fingerprint density at radius 3 is 2.76 bits per heavy atom. The monoisotopic (exact) mass is 409 g/mol. The third kappa shape index (κ3) is 5.56. The molecule has 1 saturated heterocycles. The number of halogens is 1. The summed E-state index contributed by atoms with van der Waals surface area (Å²) >= 11 is 3.39. The van der Waals surface area contributed by atoms with E-state index in [1.807, 2.05) is 4.90 Å². The number of nitrogens with one attached hydrogen (secondary N) is 2. The smallest absolute Gasteiger partial charge is 0.256 e. The first-order chi connectivity index (χ1) is 11.9. The summed E-state index contributed by atoms with van der Waals surface area (Å²) in [5, 5.41) is 5.16. The first kappa shape index (κ1) is 19.4. The van der Waals surface area contributed by atoms with E-state index in [0.717, 1.165) is 36.8 Å². The fourth-order valence-corrected chi connectivity index (χ4v) is 3.32. The van der Waals surface area contributed by atoms with Crippen molar-refractivity contribution in [2.75, 3.05) is 25.0 Å². The summed E-state index contributed by atoms with van der Waals surface area (Å²) in [6, 6.07) is 5.20. The van der Waals surface area contributed by atoms with Crippen molar-refractivity contribution in [3.05, 3.63) is 28.2 Å². The van der Waals surface area contributed by atoms with Crippen molar-refractivity contribution in [2.24, 2.45) is 5.92 Å². The van der Waals surface area contributed by atoms with Gasteiger partial charge in [-0.05, 0) is 37.0 Å². The molecule has 7 heteroatoms. The highest BCUT2D eigenvalue weighted by molar-refractivity contribution is 9.10. The van der Waals surface area contributed by atoms with Crippen LogP contribution in [0.5, 0.6) is 0 Å². The molecule has 2 rings (SSSR count). The van der Waals surface area contributed by atoms with Crippen molar-refractivity contribution in [2.45, 2.75) is 33.1 Å². The van der Waals surface area contributed by atoms with Crippen LogP contribution in [0, 0.1) is 5.92 Å². The Bertz CT molecular complexity index is 663. The Morgan fingerprint density at radius 1 is 1.32 bits per heavy atom. The third-order valence-electron chi connectivity index (χ3n) is 4.37. The Labute approximate surface area is 156 Å². The van der Waals surface area contributed by atoms with Gasteiger partial charge >= 0.3 is 0 Å². The molecule has 2 N–H and O–H groups in total. The molecular formula is C18H24BrN3O3. The van der Waals surface area contributed by atoms with Crippen LogP contribution in [0.1, 0.15) is 43.5 Å². The number of piperidine rings is 1. The van der Waals surface area contributed by atoms with Crippen molar-refractivity contribution >= 4 is 39.3 Å². The standard InChI is InChI=1S/C18H24BrN3O3/c1-3-13-5-4-8-22(11-13)18(25)15-9-14(19)6-7-16(15)21-17(24)10-20-12(2)23/h6-7,9,13H,3-5,8,10-11H2,1-2H3,(H,20,23)(H,21,24). The summed E-state index contributed by atoms with van der Waals surface area (Å²) < 4.78 is 0.778. The van der Waals surface area contributed by atoms with E-state index >= 15 is 0 Å². The minimum atomic E-state index is -0.364. The summed E-state index contributed by atoms with van der Waals surface area (Å²) in [5.74, 6) is -0.185. The van der Waals surface area contributed by atoms with Crippen LogP contribution in [0.2, 0.25) is 0 Å². The lowest BCUT2D eigenvalue weighted by atomic mass is 9.95. The molecule has 1 aromatic rings. The molecule has 1 fully saturated rings. The van der Waals surface area contributed by atoms with Crippen molar-refractivity contribution in [1.82, 2.24) is 10.2 Å². The number of hydrogen-bond acceptors (Lipinski definition) is 3. The van der Waals surface area contributed by atoms with Crippen LogP contribution in [-0.2, 0) is 9.59 Å². The predicted octanol–water partition coefficient (Wildman–Crippen LogP) is 2.79. The summed E-state index contributed by atoms with van der Waals surface area (Å²) in [4.78, 5) is 37.7. The van der Waals surface area contributed by atoms with Gasteiger partial charge in [0.2, 0.25) is 11.8 Å². The molecule has 6 nitrogen and oxygen atoms in total. The molecule has 0 radical (unpaired) electrons. The van der Waals surface area contributed by atoms with E-state index in [1.54, 1.807) is 18.2 Å². The molecule has 136 valence electrons. The topological polar surface area (TPSA) is 78.5 Å². The van der Waals surface area contributed by atoms with Gasteiger partial charge in [0, 0.05) is 24.5 Å². The van der Waals surface area contributed by atoms with Gasteiger partial charge < -0.3 is 15.5 Å². The SMILES string of the molecule is CCC1CCCN(C(=O)c2cc(Br)ccc2NC(=O)CNC(C)=O)C1. The van der Waals surface area contributed by atoms with Gasteiger partial charge in [-0.25, -0.2) is 0 Å². The van der Waals surface area contributed by atoms with Gasteiger partial charge in [0.25, 0.3) is 5.91 Å². The van der Waals surface area contributed by atoms with E-state index in [0.29, 0.717) is 17.2 Å². The first-order valence-electron chi connectivity index (χ1n) is 8.53. The van der Waals surface area contributed by atoms with E-state index < -0.39 is 0 Å². The van der Waals surface area contributed by atoms with Gasteiger partial charge in [-0.1, -0.05) is 29.3 Å². The number of anilines is 1. The van der Waals surface area contributed by atoms with E-state index in [4.69, 9.17) is 0 Å². The Hall–Kier alpha value is -1.89.